The lowest BCUT2D eigenvalue weighted by Gasteiger charge is -2.02. The van der Waals surface area contributed by atoms with E-state index in [0.29, 0.717) is 12.3 Å². The third-order valence-corrected chi connectivity index (χ3v) is 1.07. The first-order chi connectivity index (χ1) is 5.43. The summed E-state index contributed by atoms with van der Waals surface area (Å²) in [4.78, 5) is 9.62. The third kappa shape index (κ3) is 1.36. The van der Waals surface area contributed by atoms with Crippen LogP contribution in [-0.2, 0) is 6.18 Å². The minimum Gasteiger partial charge on any atom is -0.339 e. The molecule has 1 heterocycles. The van der Waals surface area contributed by atoms with Gasteiger partial charge in [-0.05, 0) is 0 Å². The number of nitrogens with zero attached hydrogens (tertiary/aromatic N) is 3. The summed E-state index contributed by atoms with van der Waals surface area (Å²) in [6.07, 6.45) is -4.03. The van der Waals surface area contributed by atoms with E-state index in [1.54, 1.807) is 0 Å². The molecule has 0 aliphatic heterocycles. The van der Waals surface area contributed by atoms with Gasteiger partial charge in [0.15, 0.2) is 6.20 Å². The van der Waals surface area contributed by atoms with Crippen molar-refractivity contribution in [3.8, 4) is 0 Å². The zero-order valence-corrected chi connectivity index (χ0v) is 5.45. The summed E-state index contributed by atoms with van der Waals surface area (Å²) in [6, 6.07) is 0.531. The maximum absolute atomic E-state index is 11.9. The van der Waals surface area contributed by atoms with Crippen LogP contribution in [0.25, 0.3) is 0 Å². The second-order valence-electron chi connectivity index (χ2n) is 1.84. The molecule has 0 radical (unpaired) electrons. The molecule has 5 nitrogen and oxygen atoms in total. The molecule has 0 bridgehead atoms. The van der Waals surface area contributed by atoms with Crippen molar-refractivity contribution < 1.29 is 18.2 Å². The van der Waals surface area contributed by atoms with Gasteiger partial charge in [0.05, 0.1) is 5.03 Å². The number of hydrogen-bond donors (Lipinski definition) is 0. The SMILES string of the molecule is O=[N+]([O-])n1nccc1C(F)(F)F. The Morgan fingerprint density at radius 3 is 2.50 bits per heavy atom. The van der Waals surface area contributed by atoms with E-state index in [4.69, 9.17) is 0 Å². The number of alkyl halides is 3. The van der Waals surface area contributed by atoms with Gasteiger partial charge in [-0.3, -0.25) is 0 Å². The van der Waals surface area contributed by atoms with Crippen molar-refractivity contribution in [1.82, 2.24) is 9.89 Å². The highest BCUT2D eigenvalue weighted by Crippen LogP contribution is 2.28. The molecule has 0 N–H and O–H groups in total. The Kier molecular flexibility index (Phi) is 1.75. The lowest BCUT2D eigenvalue weighted by Crippen LogP contribution is -2.20. The molecule has 1 aromatic heterocycles. The van der Waals surface area contributed by atoms with Crippen LogP contribution in [0.5, 0.6) is 0 Å². The van der Waals surface area contributed by atoms with E-state index in [0.717, 1.165) is 0 Å². The van der Waals surface area contributed by atoms with Crippen LogP contribution in [0.1, 0.15) is 5.69 Å². The second-order valence-corrected chi connectivity index (χ2v) is 1.84. The first-order valence-electron chi connectivity index (χ1n) is 2.69. The van der Waals surface area contributed by atoms with Gasteiger partial charge in [0.25, 0.3) is 0 Å². The average molecular weight is 181 g/mol. The number of aromatic nitrogens is 2. The fourth-order valence-corrected chi connectivity index (χ4v) is 0.634. The number of hydrogen-bond acceptors (Lipinski definition) is 3. The Morgan fingerprint density at radius 1 is 1.58 bits per heavy atom. The van der Waals surface area contributed by atoms with Crippen molar-refractivity contribution in [1.29, 1.82) is 0 Å². The van der Waals surface area contributed by atoms with Gasteiger partial charge >= 0.3 is 6.18 Å². The maximum atomic E-state index is 11.9. The van der Waals surface area contributed by atoms with E-state index < -0.39 is 16.9 Å². The molecular formula is C4H2F3N3O2. The summed E-state index contributed by atoms with van der Waals surface area (Å²) in [6.45, 7) is 0. The van der Waals surface area contributed by atoms with E-state index in [9.17, 15) is 23.3 Å². The third-order valence-electron chi connectivity index (χ3n) is 1.07. The smallest absolute Gasteiger partial charge is 0.339 e. The van der Waals surface area contributed by atoms with Gasteiger partial charge in [-0.1, -0.05) is 0 Å². The Hall–Kier alpha value is -1.60. The Bertz CT molecular complexity index is 305. The molecule has 0 spiro atoms. The lowest BCUT2D eigenvalue weighted by molar-refractivity contribution is -0.557. The quantitative estimate of drug-likeness (QED) is 0.478. The van der Waals surface area contributed by atoms with Gasteiger partial charge in [-0.2, -0.15) is 13.2 Å². The fourth-order valence-electron chi connectivity index (χ4n) is 0.634. The molecular weight excluding hydrogens is 179 g/mol. The fraction of sp³-hybridized carbons (Fsp3) is 0.250. The highest BCUT2D eigenvalue weighted by atomic mass is 19.4. The van der Waals surface area contributed by atoms with Crippen LogP contribution in [0.15, 0.2) is 12.3 Å². The van der Waals surface area contributed by atoms with Crippen LogP contribution < -0.4 is 0 Å². The molecule has 0 aliphatic rings. The summed E-state index contributed by atoms with van der Waals surface area (Å²) < 4.78 is 35.6. The average Bonchev–Trinajstić information content (AvgIpc) is 2.30. The molecule has 0 atom stereocenters. The molecule has 0 unspecified atom stereocenters. The molecule has 1 rings (SSSR count). The topological polar surface area (TPSA) is 61.0 Å². The molecule has 0 saturated heterocycles. The van der Waals surface area contributed by atoms with Crippen molar-refractivity contribution in [2.45, 2.75) is 6.18 Å². The highest BCUT2D eigenvalue weighted by molar-refractivity contribution is 5.02. The van der Waals surface area contributed by atoms with Gasteiger partial charge in [-0.25, -0.2) is 0 Å². The molecule has 0 amide bonds. The van der Waals surface area contributed by atoms with E-state index >= 15 is 0 Å². The van der Waals surface area contributed by atoms with Gasteiger partial charge in [-0.15, -0.1) is 0 Å². The lowest BCUT2D eigenvalue weighted by atomic mass is 10.4. The standard InChI is InChI=1S/C4H2F3N3O2/c5-4(6,7)3-1-2-8-9(3)10(11)12/h1-2H. The van der Waals surface area contributed by atoms with Crippen molar-refractivity contribution >= 4 is 0 Å². The Balaban J connectivity index is 3.17. The Morgan fingerprint density at radius 2 is 2.17 bits per heavy atom. The second kappa shape index (κ2) is 2.47. The zero-order valence-electron chi connectivity index (χ0n) is 5.45. The largest absolute Gasteiger partial charge is 0.439 e. The van der Waals surface area contributed by atoms with Crippen molar-refractivity contribution in [2.75, 3.05) is 0 Å². The summed E-state index contributed by atoms with van der Waals surface area (Å²) in [5, 5.41) is 11.6. The van der Waals surface area contributed by atoms with Crippen molar-refractivity contribution in [2.24, 2.45) is 0 Å². The predicted octanol–water partition coefficient (Wildman–Crippen LogP) is 0.942. The monoisotopic (exact) mass is 181 g/mol. The summed E-state index contributed by atoms with van der Waals surface area (Å²) in [5.74, 6) is 0. The summed E-state index contributed by atoms with van der Waals surface area (Å²) >= 11 is 0. The van der Waals surface area contributed by atoms with Crippen LogP contribution in [0.3, 0.4) is 0 Å². The van der Waals surface area contributed by atoms with Gasteiger partial charge < -0.3 is 10.1 Å². The van der Waals surface area contributed by atoms with E-state index in [2.05, 4.69) is 5.10 Å². The number of nitro groups is 1. The maximum Gasteiger partial charge on any atom is 0.439 e. The van der Waals surface area contributed by atoms with Crippen LogP contribution in [-0.4, -0.2) is 14.9 Å². The summed E-state index contributed by atoms with van der Waals surface area (Å²) in [5.41, 5.74) is -1.40. The first-order valence-corrected chi connectivity index (χ1v) is 2.69. The van der Waals surface area contributed by atoms with Crippen LogP contribution >= 0.6 is 0 Å². The molecule has 66 valence electrons. The molecule has 1 aromatic rings. The molecule has 0 fully saturated rings. The normalized spacial score (nSPS) is 11.6. The molecule has 0 saturated carbocycles. The van der Waals surface area contributed by atoms with Crippen molar-refractivity contribution in [3.05, 3.63) is 28.1 Å². The first kappa shape index (κ1) is 8.50. The highest BCUT2D eigenvalue weighted by Gasteiger charge is 2.38. The minimum absolute atomic E-state index is 0.319. The van der Waals surface area contributed by atoms with Crippen LogP contribution in [0.2, 0.25) is 0 Å². The number of halogens is 3. The number of rotatable bonds is 1. The van der Waals surface area contributed by atoms with Crippen molar-refractivity contribution in [3.63, 3.8) is 0 Å². The van der Waals surface area contributed by atoms with E-state index in [1.807, 2.05) is 0 Å². The summed E-state index contributed by atoms with van der Waals surface area (Å²) in [7, 11) is 0. The van der Waals surface area contributed by atoms with Gasteiger partial charge in [0.2, 0.25) is 5.69 Å². The Labute approximate surface area is 63.5 Å². The zero-order chi connectivity index (χ0) is 9.35. The molecule has 0 aromatic carbocycles. The molecule has 0 aliphatic carbocycles. The van der Waals surface area contributed by atoms with Gasteiger partial charge in [0.1, 0.15) is 0 Å². The van der Waals surface area contributed by atoms with Gasteiger partial charge in [0, 0.05) is 16.0 Å². The van der Waals surface area contributed by atoms with Crippen LogP contribution in [0, 0.1) is 10.1 Å². The molecule has 12 heavy (non-hydrogen) atoms. The van der Waals surface area contributed by atoms with Crippen LogP contribution in [0.4, 0.5) is 13.2 Å². The van der Waals surface area contributed by atoms with E-state index in [1.165, 1.54) is 0 Å². The van der Waals surface area contributed by atoms with E-state index in [-0.39, 0.29) is 4.79 Å². The predicted molar refractivity (Wildman–Crippen MR) is 29.6 cm³/mol. The minimum atomic E-state index is -4.75. The molecule has 8 heteroatoms.